The average molecular weight is 210 g/mol. The molecule has 0 bridgehead atoms. The number of anilines is 1. The topological polar surface area (TPSA) is 72.9 Å². The van der Waals surface area contributed by atoms with Crippen LogP contribution in [-0.2, 0) is 6.54 Å². The third-order valence-electron chi connectivity index (χ3n) is 1.82. The van der Waals surface area contributed by atoms with Gasteiger partial charge < -0.3 is 11.1 Å². The van der Waals surface area contributed by atoms with Gasteiger partial charge in [0.05, 0.1) is 5.69 Å². The third-order valence-corrected chi connectivity index (χ3v) is 1.82. The van der Waals surface area contributed by atoms with Gasteiger partial charge in [-0.25, -0.2) is 0 Å². The van der Waals surface area contributed by atoms with E-state index in [1.54, 1.807) is 10.9 Å². The van der Waals surface area contributed by atoms with Gasteiger partial charge >= 0.3 is 0 Å². The molecule has 0 aliphatic heterocycles. The van der Waals surface area contributed by atoms with E-state index in [1.807, 2.05) is 27.7 Å². The van der Waals surface area contributed by atoms with Gasteiger partial charge in [0, 0.05) is 18.3 Å². The molecule has 0 radical (unpaired) electrons. The molecular weight excluding hydrogens is 192 g/mol. The van der Waals surface area contributed by atoms with Crippen molar-refractivity contribution in [3.05, 3.63) is 11.9 Å². The van der Waals surface area contributed by atoms with Crippen molar-refractivity contribution in [1.29, 1.82) is 0 Å². The van der Waals surface area contributed by atoms with Crippen LogP contribution in [0.25, 0.3) is 0 Å². The second-order valence-electron chi connectivity index (χ2n) is 4.49. The molecule has 0 aliphatic carbocycles. The Labute approximate surface area is 89.6 Å². The smallest absolute Gasteiger partial charge is 0.274 e. The first-order valence-corrected chi connectivity index (χ1v) is 4.99. The first kappa shape index (κ1) is 11.6. The Morgan fingerprint density at radius 2 is 2.20 bits per heavy atom. The molecular formula is C10H18N4O. The molecule has 5 nitrogen and oxygen atoms in total. The zero-order valence-electron chi connectivity index (χ0n) is 9.66. The van der Waals surface area contributed by atoms with Crippen LogP contribution in [0, 0.1) is 0 Å². The monoisotopic (exact) mass is 210 g/mol. The van der Waals surface area contributed by atoms with E-state index in [9.17, 15) is 4.79 Å². The van der Waals surface area contributed by atoms with Gasteiger partial charge in [0.25, 0.3) is 5.91 Å². The van der Waals surface area contributed by atoms with Crippen LogP contribution in [-0.4, -0.2) is 21.2 Å². The molecule has 0 fully saturated rings. The minimum absolute atomic E-state index is 0.229. The summed E-state index contributed by atoms with van der Waals surface area (Å²) in [6, 6.07) is 0. The fourth-order valence-corrected chi connectivity index (χ4v) is 1.18. The standard InChI is InChI=1S/C10H18N4O/c1-5-14-6-7(11)8(13-14)9(15)12-10(2,3)4/h6H,5,11H2,1-4H3,(H,12,15). The van der Waals surface area contributed by atoms with Gasteiger partial charge in [0.2, 0.25) is 0 Å². The van der Waals surface area contributed by atoms with Crippen LogP contribution in [0.3, 0.4) is 0 Å². The summed E-state index contributed by atoms with van der Waals surface area (Å²) in [5.41, 5.74) is 6.13. The summed E-state index contributed by atoms with van der Waals surface area (Å²) >= 11 is 0. The zero-order valence-corrected chi connectivity index (χ0v) is 9.66. The van der Waals surface area contributed by atoms with E-state index in [2.05, 4.69) is 10.4 Å². The fraction of sp³-hybridized carbons (Fsp3) is 0.600. The van der Waals surface area contributed by atoms with Crippen molar-refractivity contribution >= 4 is 11.6 Å². The van der Waals surface area contributed by atoms with Crippen LogP contribution in [0.4, 0.5) is 5.69 Å². The Kier molecular flexibility index (Phi) is 3.02. The highest BCUT2D eigenvalue weighted by atomic mass is 16.2. The Morgan fingerprint density at radius 3 is 2.60 bits per heavy atom. The highest BCUT2D eigenvalue weighted by molar-refractivity contribution is 5.97. The molecule has 1 amide bonds. The molecule has 0 atom stereocenters. The van der Waals surface area contributed by atoms with Crippen LogP contribution in [0.1, 0.15) is 38.2 Å². The van der Waals surface area contributed by atoms with Crippen molar-refractivity contribution in [1.82, 2.24) is 15.1 Å². The summed E-state index contributed by atoms with van der Waals surface area (Å²) in [5, 5.41) is 6.91. The Hall–Kier alpha value is -1.52. The normalized spacial score (nSPS) is 11.5. The van der Waals surface area contributed by atoms with Crippen LogP contribution in [0.15, 0.2) is 6.20 Å². The summed E-state index contributed by atoms with van der Waals surface area (Å²) < 4.78 is 1.65. The number of nitrogens with one attached hydrogen (secondary N) is 1. The zero-order chi connectivity index (χ0) is 11.6. The maximum Gasteiger partial charge on any atom is 0.274 e. The summed E-state index contributed by atoms with van der Waals surface area (Å²) in [4.78, 5) is 11.7. The van der Waals surface area contributed by atoms with E-state index in [1.165, 1.54) is 0 Å². The number of nitrogen functional groups attached to an aromatic ring is 1. The Morgan fingerprint density at radius 1 is 1.60 bits per heavy atom. The number of hydrogen-bond donors (Lipinski definition) is 2. The van der Waals surface area contributed by atoms with Gasteiger partial charge in [-0.2, -0.15) is 5.10 Å². The number of nitrogens with two attached hydrogens (primary N) is 1. The van der Waals surface area contributed by atoms with Crippen molar-refractivity contribution in [2.45, 2.75) is 39.8 Å². The largest absolute Gasteiger partial charge is 0.396 e. The first-order chi connectivity index (χ1) is 6.83. The van der Waals surface area contributed by atoms with Crippen LogP contribution in [0.5, 0.6) is 0 Å². The van der Waals surface area contributed by atoms with E-state index in [-0.39, 0.29) is 11.4 Å². The van der Waals surface area contributed by atoms with E-state index < -0.39 is 0 Å². The predicted molar refractivity (Wildman–Crippen MR) is 59.5 cm³/mol. The lowest BCUT2D eigenvalue weighted by atomic mass is 10.1. The molecule has 84 valence electrons. The van der Waals surface area contributed by atoms with Crippen molar-refractivity contribution in [3.8, 4) is 0 Å². The maximum absolute atomic E-state index is 11.7. The van der Waals surface area contributed by atoms with Gasteiger partial charge in [0.15, 0.2) is 5.69 Å². The average Bonchev–Trinajstić information content (AvgIpc) is 2.43. The van der Waals surface area contributed by atoms with Crippen molar-refractivity contribution in [3.63, 3.8) is 0 Å². The minimum Gasteiger partial charge on any atom is -0.396 e. The molecule has 5 heteroatoms. The summed E-state index contributed by atoms with van der Waals surface area (Å²) in [6.07, 6.45) is 1.66. The van der Waals surface area contributed by atoms with E-state index >= 15 is 0 Å². The SMILES string of the molecule is CCn1cc(N)c(C(=O)NC(C)(C)C)n1. The number of aromatic nitrogens is 2. The lowest BCUT2D eigenvalue weighted by Gasteiger charge is -2.19. The van der Waals surface area contributed by atoms with Gasteiger partial charge in [-0.3, -0.25) is 9.48 Å². The molecule has 1 aromatic rings. The number of nitrogens with zero attached hydrogens (tertiary/aromatic N) is 2. The summed E-state index contributed by atoms with van der Waals surface area (Å²) in [6.45, 7) is 8.39. The van der Waals surface area contributed by atoms with Gasteiger partial charge in [-0.05, 0) is 27.7 Å². The maximum atomic E-state index is 11.7. The van der Waals surface area contributed by atoms with Crippen molar-refractivity contribution < 1.29 is 4.79 Å². The molecule has 1 heterocycles. The second kappa shape index (κ2) is 3.92. The number of aryl methyl sites for hydroxylation is 1. The third kappa shape index (κ3) is 2.97. The van der Waals surface area contributed by atoms with E-state index in [4.69, 9.17) is 5.73 Å². The number of amides is 1. The second-order valence-corrected chi connectivity index (χ2v) is 4.49. The fourth-order valence-electron chi connectivity index (χ4n) is 1.18. The molecule has 0 aliphatic rings. The van der Waals surface area contributed by atoms with E-state index in [0.717, 1.165) is 0 Å². The Bertz CT molecular complexity index is 362. The van der Waals surface area contributed by atoms with Crippen LogP contribution in [0.2, 0.25) is 0 Å². The van der Waals surface area contributed by atoms with E-state index in [0.29, 0.717) is 17.9 Å². The van der Waals surface area contributed by atoms with Gasteiger partial charge in [-0.15, -0.1) is 0 Å². The minimum atomic E-state index is -0.278. The molecule has 15 heavy (non-hydrogen) atoms. The number of rotatable bonds is 2. The molecule has 0 spiro atoms. The Balaban J connectivity index is 2.87. The molecule has 0 saturated heterocycles. The van der Waals surface area contributed by atoms with Crippen LogP contribution >= 0.6 is 0 Å². The molecule has 0 aromatic carbocycles. The number of hydrogen-bond acceptors (Lipinski definition) is 3. The van der Waals surface area contributed by atoms with Gasteiger partial charge in [0.1, 0.15) is 0 Å². The highest BCUT2D eigenvalue weighted by Crippen LogP contribution is 2.10. The van der Waals surface area contributed by atoms with Gasteiger partial charge in [-0.1, -0.05) is 0 Å². The number of carbonyl (C=O) groups excluding carboxylic acids is 1. The molecule has 0 unspecified atom stereocenters. The van der Waals surface area contributed by atoms with Crippen molar-refractivity contribution in [2.24, 2.45) is 0 Å². The quantitative estimate of drug-likeness (QED) is 0.765. The molecule has 3 N–H and O–H groups in total. The first-order valence-electron chi connectivity index (χ1n) is 4.99. The molecule has 1 aromatic heterocycles. The summed E-state index contributed by atoms with van der Waals surface area (Å²) in [7, 11) is 0. The van der Waals surface area contributed by atoms with Crippen LogP contribution < -0.4 is 11.1 Å². The number of carbonyl (C=O) groups is 1. The highest BCUT2D eigenvalue weighted by Gasteiger charge is 2.19. The molecule has 1 rings (SSSR count). The lowest BCUT2D eigenvalue weighted by molar-refractivity contribution is 0.0914. The van der Waals surface area contributed by atoms with Crippen molar-refractivity contribution in [2.75, 3.05) is 5.73 Å². The lowest BCUT2D eigenvalue weighted by Crippen LogP contribution is -2.41. The summed E-state index contributed by atoms with van der Waals surface area (Å²) in [5.74, 6) is -0.229. The molecule has 0 saturated carbocycles. The predicted octanol–water partition coefficient (Wildman–Crippen LogP) is 1.01.